The number of hydrogen-bond donors (Lipinski definition) is 1. The molecule has 1 N–H and O–H groups in total. The topological polar surface area (TPSA) is 69.6 Å². The third-order valence-corrected chi connectivity index (χ3v) is 3.61. The van der Waals surface area contributed by atoms with Crippen molar-refractivity contribution in [3.63, 3.8) is 0 Å². The van der Waals surface area contributed by atoms with Crippen LogP contribution in [0.5, 0.6) is 0 Å². The summed E-state index contributed by atoms with van der Waals surface area (Å²) in [6.45, 7) is 5.89. The number of esters is 2. The normalized spacial score (nSPS) is 11.4. The Morgan fingerprint density at radius 1 is 1.17 bits per heavy atom. The molecule has 0 spiro atoms. The molecule has 1 aromatic heterocycles. The van der Waals surface area contributed by atoms with E-state index in [4.69, 9.17) is 9.47 Å². The maximum atomic E-state index is 12.0. The van der Waals surface area contributed by atoms with E-state index in [2.05, 4.69) is 16.0 Å². The van der Waals surface area contributed by atoms with Crippen molar-refractivity contribution >= 4 is 28.5 Å². The van der Waals surface area contributed by atoms with E-state index >= 15 is 0 Å². The average molecular weight is 330 g/mol. The van der Waals surface area contributed by atoms with Crippen molar-refractivity contribution < 1.29 is 19.1 Å². The van der Waals surface area contributed by atoms with Crippen molar-refractivity contribution in [2.24, 2.45) is 7.05 Å². The number of hydrogen-bond acceptors (Lipinski definition) is 5. The first kappa shape index (κ1) is 17.6. The number of anilines is 1. The number of ether oxygens (including phenoxy) is 2. The lowest BCUT2D eigenvalue weighted by Crippen LogP contribution is -2.17. The number of nitrogens with one attached hydrogen (secondary N) is 1. The molecule has 0 aliphatic heterocycles. The second-order valence-electron chi connectivity index (χ2n) is 5.27. The first-order chi connectivity index (χ1) is 11.5. The molecular formula is C18H22N2O4. The summed E-state index contributed by atoms with van der Waals surface area (Å²) < 4.78 is 11.9. The maximum absolute atomic E-state index is 12.0. The quantitative estimate of drug-likeness (QED) is 0.651. The predicted molar refractivity (Wildman–Crippen MR) is 92.6 cm³/mol. The van der Waals surface area contributed by atoms with E-state index < -0.39 is 11.9 Å². The highest BCUT2D eigenvalue weighted by atomic mass is 16.5. The average Bonchev–Trinajstić information content (AvgIpc) is 2.81. The summed E-state index contributed by atoms with van der Waals surface area (Å²) in [6.07, 6.45) is 1.11. The van der Waals surface area contributed by atoms with Crippen LogP contribution in [0.2, 0.25) is 0 Å². The SMILES string of the molecule is CCOC(=O)C=C(Nc1ccc2c(c1)cc(C)n2C)C(=O)OCC. The Balaban J connectivity index is 2.31. The zero-order valence-corrected chi connectivity index (χ0v) is 14.4. The summed E-state index contributed by atoms with van der Waals surface area (Å²) >= 11 is 0. The van der Waals surface area contributed by atoms with Gasteiger partial charge in [0, 0.05) is 29.3 Å². The summed E-state index contributed by atoms with van der Waals surface area (Å²) in [5.74, 6) is -1.19. The molecule has 0 aliphatic rings. The lowest BCUT2D eigenvalue weighted by atomic mass is 10.2. The second kappa shape index (κ2) is 7.68. The molecule has 0 saturated carbocycles. The first-order valence-corrected chi connectivity index (χ1v) is 7.85. The van der Waals surface area contributed by atoms with E-state index in [-0.39, 0.29) is 18.9 Å². The van der Waals surface area contributed by atoms with Crippen LogP contribution in [-0.4, -0.2) is 29.7 Å². The smallest absolute Gasteiger partial charge is 0.355 e. The number of aromatic nitrogens is 1. The van der Waals surface area contributed by atoms with Crippen molar-refractivity contribution in [3.8, 4) is 0 Å². The Bertz CT molecular complexity index is 790. The molecule has 2 aromatic rings. The highest BCUT2D eigenvalue weighted by Crippen LogP contribution is 2.23. The maximum Gasteiger partial charge on any atom is 0.355 e. The molecule has 0 bridgehead atoms. The van der Waals surface area contributed by atoms with Crippen LogP contribution < -0.4 is 5.32 Å². The van der Waals surface area contributed by atoms with Crippen LogP contribution in [0.1, 0.15) is 19.5 Å². The van der Waals surface area contributed by atoms with Crippen LogP contribution in [0, 0.1) is 6.92 Å². The highest BCUT2D eigenvalue weighted by Gasteiger charge is 2.14. The number of carbonyl (C=O) groups excluding carboxylic acids is 2. The minimum atomic E-state index is -0.602. The number of benzene rings is 1. The molecule has 0 fully saturated rings. The van der Waals surface area contributed by atoms with E-state index in [9.17, 15) is 9.59 Å². The van der Waals surface area contributed by atoms with Gasteiger partial charge in [0.15, 0.2) is 0 Å². The minimum Gasteiger partial charge on any atom is -0.463 e. The monoisotopic (exact) mass is 330 g/mol. The third kappa shape index (κ3) is 3.95. The Labute approximate surface area is 141 Å². The molecule has 1 heterocycles. The fraction of sp³-hybridized carbons (Fsp3) is 0.333. The molecule has 24 heavy (non-hydrogen) atoms. The van der Waals surface area contributed by atoms with Crippen LogP contribution in [0.4, 0.5) is 5.69 Å². The Morgan fingerprint density at radius 3 is 2.54 bits per heavy atom. The Morgan fingerprint density at radius 2 is 1.88 bits per heavy atom. The number of aryl methyl sites for hydroxylation is 2. The van der Waals surface area contributed by atoms with Crippen molar-refractivity contribution in [3.05, 3.63) is 41.7 Å². The molecule has 0 amide bonds. The molecule has 128 valence electrons. The molecule has 0 unspecified atom stereocenters. The highest BCUT2D eigenvalue weighted by molar-refractivity contribution is 5.99. The zero-order chi connectivity index (χ0) is 17.7. The summed E-state index contributed by atoms with van der Waals surface area (Å²) in [4.78, 5) is 23.7. The van der Waals surface area contributed by atoms with Crippen LogP contribution in [-0.2, 0) is 26.1 Å². The fourth-order valence-electron chi connectivity index (χ4n) is 2.38. The van der Waals surface area contributed by atoms with E-state index in [1.165, 1.54) is 0 Å². The number of rotatable bonds is 6. The van der Waals surface area contributed by atoms with Gasteiger partial charge in [-0.2, -0.15) is 0 Å². The van der Waals surface area contributed by atoms with Gasteiger partial charge in [-0.15, -0.1) is 0 Å². The summed E-state index contributed by atoms with van der Waals surface area (Å²) in [7, 11) is 2.00. The number of fused-ring (bicyclic) bond motifs is 1. The van der Waals surface area contributed by atoms with Crippen molar-refractivity contribution in [2.45, 2.75) is 20.8 Å². The number of nitrogens with zero attached hydrogens (tertiary/aromatic N) is 1. The second-order valence-corrected chi connectivity index (χ2v) is 5.27. The van der Waals surface area contributed by atoms with E-state index in [1.807, 2.05) is 32.2 Å². The lowest BCUT2D eigenvalue weighted by Gasteiger charge is -2.10. The molecule has 6 heteroatoms. The van der Waals surface area contributed by atoms with Crippen LogP contribution in [0.15, 0.2) is 36.0 Å². The van der Waals surface area contributed by atoms with Gasteiger partial charge in [0.05, 0.1) is 19.3 Å². The molecule has 0 saturated heterocycles. The third-order valence-electron chi connectivity index (χ3n) is 3.61. The van der Waals surface area contributed by atoms with Crippen LogP contribution in [0.25, 0.3) is 10.9 Å². The zero-order valence-electron chi connectivity index (χ0n) is 14.4. The van der Waals surface area contributed by atoms with Crippen molar-refractivity contribution in [2.75, 3.05) is 18.5 Å². The number of carbonyl (C=O) groups is 2. The summed E-state index contributed by atoms with van der Waals surface area (Å²) in [5, 5.41) is 3.99. The Hall–Kier alpha value is -2.76. The largest absolute Gasteiger partial charge is 0.463 e. The minimum absolute atomic E-state index is 0.0438. The van der Waals surface area contributed by atoms with E-state index in [1.54, 1.807) is 13.8 Å². The summed E-state index contributed by atoms with van der Waals surface area (Å²) in [5.41, 5.74) is 2.96. The van der Waals surface area contributed by atoms with Gasteiger partial charge in [-0.3, -0.25) is 0 Å². The van der Waals surface area contributed by atoms with Crippen LogP contribution in [0.3, 0.4) is 0 Å². The molecule has 1 aromatic carbocycles. The van der Waals surface area contributed by atoms with Crippen LogP contribution >= 0.6 is 0 Å². The van der Waals surface area contributed by atoms with Gasteiger partial charge in [-0.25, -0.2) is 9.59 Å². The first-order valence-electron chi connectivity index (χ1n) is 7.85. The fourth-order valence-corrected chi connectivity index (χ4v) is 2.38. The molecule has 6 nitrogen and oxygen atoms in total. The van der Waals surface area contributed by atoms with Gasteiger partial charge in [0.2, 0.25) is 0 Å². The van der Waals surface area contributed by atoms with E-state index in [0.717, 1.165) is 22.7 Å². The molecule has 0 radical (unpaired) electrons. The predicted octanol–water partition coefficient (Wildman–Crippen LogP) is 2.91. The van der Waals surface area contributed by atoms with Gasteiger partial charge in [0.25, 0.3) is 0 Å². The van der Waals surface area contributed by atoms with Gasteiger partial charge >= 0.3 is 11.9 Å². The van der Waals surface area contributed by atoms with Crippen molar-refractivity contribution in [1.82, 2.24) is 4.57 Å². The van der Waals surface area contributed by atoms with Gasteiger partial charge < -0.3 is 19.4 Å². The molecular weight excluding hydrogens is 308 g/mol. The van der Waals surface area contributed by atoms with Gasteiger partial charge in [-0.05, 0) is 45.0 Å². The van der Waals surface area contributed by atoms with Gasteiger partial charge in [0.1, 0.15) is 5.70 Å². The van der Waals surface area contributed by atoms with Crippen molar-refractivity contribution in [1.29, 1.82) is 0 Å². The van der Waals surface area contributed by atoms with Gasteiger partial charge in [-0.1, -0.05) is 0 Å². The standard InChI is InChI=1S/C18H22N2O4/c1-5-23-17(21)11-15(18(22)24-6-2)19-14-7-8-16-13(10-14)9-12(3)20(16)4/h7-11,19H,5-6H2,1-4H3. The molecule has 0 atom stereocenters. The Kier molecular flexibility index (Phi) is 5.63. The lowest BCUT2D eigenvalue weighted by molar-refractivity contribution is -0.140. The molecule has 0 aliphatic carbocycles. The van der Waals surface area contributed by atoms with E-state index in [0.29, 0.717) is 5.69 Å². The molecule has 2 rings (SSSR count). The summed E-state index contributed by atoms with van der Waals surface area (Å²) in [6, 6.07) is 7.78.